The number of nitriles is 1. The number of quaternary nitrogens is 1. The molecule has 5 heteroatoms. The summed E-state index contributed by atoms with van der Waals surface area (Å²) in [4.78, 5) is 12.0. The number of anilines is 1. The second kappa shape index (κ2) is 8.33. The number of hydrogen-bond acceptors (Lipinski definition) is 2. The Balaban J connectivity index is 1.84. The van der Waals surface area contributed by atoms with E-state index in [0.29, 0.717) is 18.0 Å². The molecule has 0 saturated carbocycles. The number of nitrogens with two attached hydrogens (primary N) is 1. The second-order valence-corrected chi connectivity index (χ2v) is 5.80. The molecule has 2 aromatic rings. The minimum absolute atomic E-state index is 0.0630. The van der Waals surface area contributed by atoms with Crippen molar-refractivity contribution >= 4 is 23.2 Å². The molecular formula is C18H19ClN3O+. The molecule has 0 bridgehead atoms. The zero-order valence-electron chi connectivity index (χ0n) is 12.9. The summed E-state index contributed by atoms with van der Waals surface area (Å²) in [6.07, 6.45) is 0.374. The number of hydrogen-bond donors (Lipinski definition) is 2. The summed E-state index contributed by atoms with van der Waals surface area (Å²) < 4.78 is 0. The number of amides is 1. The summed E-state index contributed by atoms with van der Waals surface area (Å²) in [6.45, 7) is 2.36. The number of benzene rings is 2. The molecule has 1 amide bonds. The highest BCUT2D eigenvalue weighted by molar-refractivity contribution is 6.30. The normalized spacial score (nSPS) is 11.5. The predicted octanol–water partition coefficient (Wildman–Crippen LogP) is 2.67. The van der Waals surface area contributed by atoms with Gasteiger partial charge in [-0.1, -0.05) is 35.9 Å². The predicted molar refractivity (Wildman–Crippen MR) is 91.0 cm³/mol. The number of halogens is 1. The van der Waals surface area contributed by atoms with Gasteiger partial charge in [0.25, 0.3) is 5.91 Å². The van der Waals surface area contributed by atoms with Gasteiger partial charge in [0.1, 0.15) is 6.04 Å². The number of carbonyl (C=O) groups is 1. The molecule has 23 heavy (non-hydrogen) atoms. The molecule has 0 aromatic heterocycles. The Bertz CT molecular complexity index is 707. The monoisotopic (exact) mass is 328 g/mol. The van der Waals surface area contributed by atoms with Gasteiger partial charge in [-0.2, -0.15) is 5.26 Å². The Morgan fingerprint density at radius 1 is 1.30 bits per heavy atom. The molecular weight excluding hydrogens is 310 g/mol. The van der Waals surface area contributed by atoms with Gasteiger partial charge in [0.15, 0.2) is 6.54 Å². The topological polar surface area (TPSA) is 69.5 Å². The van der Waals surface area contributed by atoms with Crippen LogP contribution >= 0.6 is 11.6 Å². The highest BCUT2D eigenvalue weighted by Gasteiger charge is 2.12. The van der Waals surface area contributed by atoms with E-state index in [0.717, 1.165) is 16.8 Å². The average molecular weight is 329 g/mol. The third-order valence-corrected chi connectivity index (χ3v) is 3.79. The number of carbonyl (C=O) groups excluding carboxylic acids is 1. The lowest BCUT2D eigenvalue weighted by atomic mass is 10.1. The van der Waals surface area contributed by atoms with Crippen molar-refractivity contribution in [2.45, 2.75) is 19.4 Å². The molecule has 118 valence electrons. The number of nitrogens with one attached hydrogen (secondary N) is 1. The van der Waals surface area contributed by atoms with Crippen molar-refractivity contribution in [2.75, 3.05) is 11.9 Å². The van der Waals surface area contributed by atoms with Crippen LogP contribution in [0.1, 0.15) is 24.1 Å². The van der Waals surface area contributed by atoms with E-state index in [1.165, 1.54) is 0 Å². The van der Waals surface area contributed by atoms with Crippen LogP contribution < -0.4 is 10.6 Å². The molecule has 0 radical (unpaired) electrons. The van der Waals surface area contributed by atoms with Gasteiger partial charge in [0.2, 0.25) is 0 Å². The first kappa shape index (κ1) is 17.0. The minimum Gasteiger partial charge on any atom is -0.333 e. The van der Waals surface area contributed by atoms with E-state index in [1.807, 2.05) is 60.8 Å². The molecule has 1 atom stereocenters. The zero-order valence-corrected chi connectivity index (χ0v) is 13.7. The van der Waals surface area contributed by atoms with Crippen LogP contribution in [0, 0.1) is 11.3 Å². The standard InChI is InChI=1S/C18H18ClN3O/c1-13(15-3-2-4-16(19)11-15)21-12-18(23)22-17-7-5-14(6-8-17)9-10-20/h2-8,11,13,21H,9,12H2,1H3,(H,22,23)/p+1/t13-/m1/s1. The van der Waals surface area contributed by atoms with Crippen LogP contribution in [0.5, 0.6) is 0 Å². The molecule has 2 aromatic carbocycles. The number of rotatable bonds is 6. The first-order valence-corrected chi connectivity index (χ1v) is 7.81. The fraction of sp³-hybridized carbons (Fsp3) is 0.222. The Morgan fingerprint density at radius 3 is 2.70 bits per heavy atom. The van der Waals surface area contributed by atoms with Gasteiger partial charge in [0, 0.05) is 16.3 Å². The van der Waals surface area contributed by atoms with E-state index in [-0.39, 0.29) is 11.9 Å². The maximum Gasteiger partial charge on any atom is 0.279 e. The lowest BCUT2D eigenvalue weighted by Gasteiger charge is -2.11. The summed E-state index contributed by atoms with van der Waals surface area (Å²) in [5.41, 5.74) is 2.76. The van der Waals surface area contributed by atoms with Crippen molar-refractivity contribution in [1.82, 2.24) is 0 Å². The van der Waals surface area contributed by atoms with Gasteiger partial charge in [-0.15, -0.1) is 0 Å². The fourth-order valence-electron chi connectivity index (χ4n) is 2.22. The summed E-state index contributed by atoms with van der Waals surface area (Å²) in [5.74, 6) is -0.0630. The molecule has 0 saturated heterocycles. The van der Waals surface area contributed by atoms with Gasteiger partial charge >= 0.3 is 0 Å². The molecule has 0 spiro atoms. The highest BCUT2D eigenvalue weighted by Crippen LogP contribution is 2.14. The van der Waals surface area contributed by atoms with E-state index in [4.69, 9.17) is 16.9 Å². The second-order valence-electron chi connectivity index (χ2n) is 5.36. The van der Waals surface area contributed by atoms with E-state index >= 15 is 0 Å². The molecule has 0 fully saturated rings. The molecule has 3 N–H and O–H groups in total. The number of nitrogens with zero attached hydrogens (tertiary/aromatic N) is 1. The van der Waals surface area contributed by atoms with Crippen molar-refractivity contribution in [3.8, 4) is 6.07 Å². The van der Waals surface area contributed by atoms with Crippen molar-refractivity contribution in [1.29, 1.82) is 5.26 Å². The fourth-order valence-corrected chi connectivity index (χ4v) is 2.42. The van der Waals surface area contributed by atoms with Crippen LogP contribution in [0.3, 0.4) is 0 Å². The summed E-state index contributed by atoms with van der Waals surface area (Å²) in [5, 5.41) is 14.1. The summed E-state index contributed by atoms with van der Waals surface area (Å²) >= 11 is 5.98. The zero-order chi connectivity index (χ0) is 16.7. The third-order valence-electron chi connectivity index (χ3n) is 3.55. The van der Waals surface area contributed by atoms with Crippen LogP contribution in [-0.2, 0) is 11.2 Å². The van der Waals surface area contributed by atoms with Gasteiger partial charge in [-0.25, -0.2) is 0 Å². The van der Waals surface area contributed by atoms with Crippen molar-refractivity contribution in [3.05, 3.63) is 64.7 Å². The average Bonchev–Trinajstić information content (AvgIpc) is 2.55. The van der Waals surface area contributed by atoms with E-state index in [2.05, 4.69) is 11.4 Å². The Kier molecular flexibility index (Phi) is 6.16. The van der Waals surface area contributed by atoms with Gasteiger partial charge in [-0.05, 0) is 36.8 Å². The maximum absolute atomic E-state index is 12.0. The van der Waals surface area contributed by atoms with Crippen LogP contribution in [0.25, 0.3) is 0 Å². The molecule has 2 rings (SSSR count). The molecule has 0 unspecified atom stereocenters. The van der Waals surface area contributed by atoms with E-state index in [1.54, 1.807) is 0 Å². The first-order chi connectivity index (χ1) is 11.1. The highest BCUT2D eigenvalue weighted by atomic mass is 35.5. The van der Waals surface area contributed by atoms with Crippen LogP contribution in [0.4, 0.5) is 5.69 Å². The molecule has 0 heterocycles. The molecule has 4 nitrogen and oxygen atoms in total. The molecule has 0 aliphatic rings. The van der Waals surface area contributed by atoms with Gasteiger partial charge < -0.3 is 10.6 Å². The lowest BCUT2D eigenvalue weighted by Crippen LogP contribution is -2.86. The quantitative estimate of drug-likeness (QED) is 0.856. The Morgan fingerprint density at radius 2 is 2.04 bits per heavy atom. The van der Waals surface area contributed by atoms with Crippen LogP contribution in [0.15, 0.2) is 48.5 Å². The third kappa shape index (κ3) is 5.41. The molecule has 0 aliphatic carbocycles. The van der Waals surface area contributed by atoms with Crippen molar-refractivity contribution in [2.24, 2.45) is 0 Å². The van der Waals surface area contributed by atoms with Crippen LogP contribution in [-0.4, -0.2) is 12.5 Å². The smallest absolute Gasteiger partial charge is 0.279 e. The Labute approximate surface area is 141 Å². The van der Waals surface area contributed by atoms with Gasteiger partial charge in [-0.3, -0.25) is 4.79 Å². The molecule has 0 aliphatic heterocycles. The van der Waals surface area contributed by atoms with E-state index < -0.39 is 0 Å². The van der Waals surface area contributed by atoms with Crippen molar-refractivity contribution < 1.29 is 10.1 Å². The maximum atomic E-state index is 12.0. The summed E-state index contributed by atoms with van der Waals surface area (Å²) in [6, 6.07) is 17.2. The lowest BCUT2D eigenvalue weighted by molar-refractivity contribution is -0.682. The first-order valence-electron chi connectivity index (χ1n) is 7.43. The van der Waals surface area contributed by atoms with Crippen molar-refractivity contribution in [3.63, 3.8) is 0 Å². The van der Waals surface area contributed by atoms with Crippen LogP contribution in [0.2, 0.25) is 5.02 Å². The largest absolute Gasteiger partial charge is 0.333 e. The SMILES string of the molecule is C[C@@H]([NH2+]CC(=O)Nc1ccc(CC#N)cc1)c1cccc(Cl)c1. The Hall–Kier alpha value is -2.35. The van der Waals surface area contributed by atoms with Gasteiger partial charge in [0.05, 0.1) is 12.5 Å². The van der Waals surface area contributed by atoms with E-state index in [9.17, 15) is 4.79 Å². The summed E-state index contributed by atoms with van der Waals surface area (Å²) in [7, 11) is 0. The minimum atomic E-state index is -0.0630.